The molecule has 78 valence electrons. The lowest BCUT2D eigenvalue weighted by atomic mass is 10.2. The van der Waals surface area contributed by atoms with Gasteiger partial charge in [-0.05, 0) is 31.5 Å². The number of para-hydroxylation sites is 1. The van der Waals surface area contributed by atoms with Crippen molar-refractivity contribution in [1.29, 1.82) is 0 Å². The van der Waals surface area contributed by atoms with E-state index in [1.807, 2.05) is 22.9 Å². The lowest BCUT2D eigenvalue weighted by Gasteiger charge is -2.09. The predicted molar refractivity (Wildman–Crippen MR) is 58.6 cm³/mol. The van der Waals surface area contributed by atoms with E-state index in [0.29, 0.717) is 6.04 Å². The van der Waals surface area contributed by atoms with Crippen LogP contribution in [0.15, 0.2) is 24.3 Å². The number of rotatable bonds is 2. The van der Waals surface area contributed by atoms with Crippen molar-refractivity contribution in [2.45, 2.75) is 25.4 Å². The number of benzene rings is 1. The fourth-order valence-electron chi connectivity index (χ4n) is 2.17. The molecule has 1 aliphatic rings. The molecule has 1 aliphatic heterocycles. The van der Waals surface area contributed by atoms with Gasteiger partial charge in [0.15, 0.2) is 0 Å². The maximum atomic E-state index is 4.19. The third-order valence-electron chi connectivity index (χ3n) is 2.98. The molecule has 4 nitrogen and oxygen atoms in total. The van der Waals surface area contributed by atoms with Gasteiger partial charge >= 0.3 is 0 Å². The van der Waals surface area contributed by atoms with E-state index >= 15 is 0 Å². The SMILES string of the molecule is c1ccc2c(c1)nnn2C[C@H]1CCCN1. The molecule has 2 aromatic rings. The fourth-order valence-corrected chi connectivity index (χ4v) is 2.17. The van der Waals surface area contributed by atoms with Crippen molar-refractivity contribution in [3.8, 4) is 0 Å². The van der Waals surface area contributed by atoms with Crippen molar-refractivity contribution in [2.75, 3.05) is 6.54 Å². The Kier molecular flexibility index (Phi) is 2.14. The average Bonchev–Trinajstić information content (AvgIpc) is 2.89. The van der Waals surface area contributed by atoms with Crippen molar-refractivity contribution < 1.29 is 0 Å². The summed E-state index contributed by atoms with van der Waals surface area (Å²) < 4.78 is 2.00. The van der Waals surface area contributed by atoms with Crippen LogP contribution in [0.5, 0.6) is 0 Å². The van der Waals surface area contributed by atoms with Gasteiger partial charge in [0.05, 0.1) is 12.1 Å². The van der Waals surface area contributed by atoms with Gasteiger partial charge in [0.2, 0.25) is 0 Å². The summed E-state index contributed by atoms with van der Waals surface area (Å²) in [5, 5.41) is 11.8. The van der Waals surface area contributed by atoms with Crippen molar-refractivity contribution in [3.05, 3.63) is 24.3 Å². The summed E-state index contributed by atoms with van der Waals surface area (Å²) >= 11 is 0. The van der Waals surface area contributed by atoms with Crippen LogP contribution in [0.2, 0.25) is 0 Å². The molecule has 0 saturated carbocycles. The van der Waals surface area contributed by atoms with E-state index in [1.54, 1.807) is 0 Å². The summed E-state index contributed by atoms with van der Waals surface area (Å²) in [4.78, 5) is 0. The first-order valence-electron chi connectivity index (χ1n) is 5.45. The lowest BCUT2D eigenvalue weighted by Crippen LogP contribution is -2.27. The van der Waals surface area contributed by atoms with Crippen LogP contribution in [0.25, 0.3) is 11.0 Å². The molecule has 3 rings (SSSR count). The van der Waals surface area contributed by atoms with Gasteiger partial charge in [0, 0.05) is 6.04 Å². The molecule has 0 radical (unpaired) electrons. The van der Waals surface area contributed by atoms with Crippen LogP contribution < -0.4 is 5.32 Å². The van der Waals surface area contributed by atoms with E-state index in [0.717, 1.165) is 24.1 Å². The standard InChI is InChI=1S/C11H14N4/c1-2-6-11-10(5-1)13-14-15(11)8-9-4-3-7-12-9/h1-2,5-6,9,12H,3-4,7-8H2/t9-/m1/s1. The van der Waals surface area contributed by atoms with E-state index in [1.165, 1.54) is 12.8 Å². The number of hydrogen-bond acceptors (Lipinski definition) is 3. The van der Waals surface area contributed by atoms with E-state index in [4.69, 9.17) is 0 Å². The molecule has 4 heteroatoms. The Labute approximate surface area is 88.3 Å². The summed E-state index contributed by atoms with van der Waals surface area (Å²) in [6.45, 7) is 2.07. The summed E-state index contributed by atoms with van der Waals surface area (Å²) in [6.07, 6.45) is 2.52. The Morgan fingerprint density at radius 1 is 1.40 bits per heavy atom. The maximum absolute atomic E-state index is 4.19. The van der Waals surface area contributed by atoms with Crippen molar-refractivity contribution in [2.24, 2.45) is 0 Å². The van der Waals surface area contributed by atoms with Gasteiger partial charge in [0.1, 0.15) is 5.52 Å². The molecular weight excluding hydrogens is 188 g/mol. The maximum Gasteiger partial charge on any atom is 0.113 e. The Balaban J connectivity index is 1.90. The average molecular weight is 202 g/mol. The molecule has 1 N–H and O–H groups in total. The van der Waals surface area contributed by atoms with Gasteiger partial charge in [-0.1, -0.05) is 17.3 Å². The third kappa shape index (κ3) is 1.61. The van der Waals surface area contributed by atoms with Crippen LogP contribution in [0.1, 0.15) is 12.8 Å². The first-order chi connectivity index (χ1) is 7.43. The second kappa shape index (κ2) is 3.62. The minimum Gasteiger partial charge on any atom is -0.312 e. The molecule has 1 aromatic heterocycles. The van der Waals surface area contributed by atoms with Gasteiger partial charge in [-0.25, -0.2) is 4.68 Å². The fraction of sp³-hybridized carbons (Fsp3) is 0.455. The summed E-state index contributed by atoms with van der Waals surface area (Å²) in [7, 11) is 0. The Morgan fingerprint density at radius 3 is 3.20 bits per heavy atom. The van der Waals surface area contributed by atoms with Gasteiger partial charge in [0.25, 0.3) is 0 Å². The second-order valence-electron chi connectivity index (χ2n) is 4.05. The highest BCUT2D eigenvalue weighted by atomic mass is 15.4. The molecule has 0 aliphatic carbocycles. The van der Waals surface area contributed by atoms with E-state index < -0.39 is 0 Å². The number of nitrogens with one attached hydrogen (secondary N) is 1. The summed E-state index contributed by atoms with van der Waals surface area (Å²) in [5.41, 5.74) is 2.11. The van der Waals surface area contributed by atoms with Gasteiger partial charge in [-0.3, -0.25) is 0 Å². The highest BCUT2D eigenvalue weighted by Gasteiger charge is 2.15. The van der Waals surface area contributed by atoms with Gasteiger partial charge in [-0.2, -0.15) is 0 Å². The molecule has 0 spiro atoms. The molecule has 1 atom stereocenters. The van der Waals surface area contributed by atoms with Crippen molar-refractivity contribution >= 4 is 11.0 Å². The summed E-state index contributed by atoms with van der Waals surface area (Å²) in [6, 6.07) is 8.67. The summed E-state index contributed by atoms with van der Waals surface area (Å²) in [5.74, 6) is 0. The number of aromatic nitrogens is 3. The zero-order valence-corrected chi connectivity index (χ0v) is 8.56. The van der Waals surface area contributed by atoms with Crippen LogP contribution in [0, 0.1) is 0 Å². The lowest BCUT2D eigenvalue weighted by molar-refractivity contribution is 0.476. The molecule has 2 heterocycles. The minimum atomic E-state index is 0.565. The Morgan fingerprint density at radius 2 is 2.33 bits per heavy atom. The molecule has 0 unspecified atom stereocenters. The van der Waals surface area contributed by atoms with Gasteiger partial charge in [-0.15, -0.1) is 5.10 Å². The van der Waals surface area contributed by atoms with Crippen molar-refractivity contribution in [1.82, 2.24) is 20.3 Å². The van der Waals surface area contributed by atoms with E-state index in [2.05, 4.69) is 21.7 Å². The number of nitrogens with zero attached hydrogens (tertiary/aromatic N) is 3. The van der Waals surface area contributed by atoms with Gasteiger partial charge < -0.3 is 5.32 Å². The minimum absolute atomic E-state index is 0.565. The van der Waals surface area contributed by atoms with E-state index in [9.17, 15) is 0 Å². The van der Waals surface area contributed by atoms with Crippen LogP contribution in [-0.4, -0.2) is 27.6 Å². The number of hydrogen-bond donors (Lipinski definition) is 1. The first kappa shape index (κ1) is 8.85. The zero-order chi connectivity index (χ0) is 10.1. The topological polar surface area (TPSA) is 42.7 Å². The zero-order valence-electron chi connectivity index (χ0n) is 8.56. The second-order valence-corrected chi connectivity index (χ2v) is 4.05. The smallest absolute Gasteiger partial charge is 0.113 e. The van der Waals surface area contributed by atoms with Crippen LogP contribution in [0.4, 0.5) is 0 Å². The van der Waals surface area contributed by atoms with Crippen LogP contribution in [0.3, 0.4) is 0 Å². The first-order valence-corrected chi connectivity index (χ1v) is 5.45. The normalized spacial score (nSPS) is 21.2. The van der Waals surface area contributed by atoms with Crippen molar-refractivity contribution in [3.63, 3.8) is 0 Å². The molecule has 0 bridgehead atoms. The molecule has 15 heavy (non-hydrogen) atoms. The van der Waals surface area contributed by atoms with Crippen LogP contribution in [-0.2, 0) is 6.54 Å². The Bertz CT molecular complexity index is 456. The molecular formula is C11H14N4. The Hall–Kier alpha value is -1.42. The predicted octanol–water partition coefficient (Wildman–Crippen LogP) is 1.18. The van der Waals surface area contributed by atoms with E-state index in [-0.39, 0.29) is 0 Å². The molecule has 1 aromatic carbocycles. The molecule has 1 fully saturated rings. The molecule has 1 saturated heterocycles. The van der Waals surface area contributed by atoms with Crippen LogP contribution >= 0.6 is 0 Å². The quantitative estimate of drug-likeness (QED) is 0.795. The highest BCUT2D eigenvalue weighted by Crippen LogP contribution is 2.13. The highest BCUT2D eigenvalue weighted by molar-refractivity contribution is 5.73. The monoisotopic (exact) mass is 202 g/mol. The third-order valence-corrected chi connectivity index (χ3v) is 2.98. The molecule has 0 amide bonds. The number of fused-ring (bicyclic) bond motifs is 1. The largest absolute Gasteiger partial charge is 0.312 e.